The number of nitrogens with one attached hydrogen (secondary N) is 2. The maximum Gasteiger partial charge on any atom is 0.411 e. The van der Waals surface area contributed by atoms with Crippen LogP contribution in [0.1, 0.15) is 54.6 Å². The number of aromatic nitrogens is 2. The molecule has 0 bridgehead atoms. The minimum atomic E-state index is -5.86. The van der Waals surface area contributed by atoms with Gasteiger partial charge in [0, 0.05) is 22.5 Å². The molecule has 2 amide bonds. The van der Waals surface area contributed by atoms with Gasteiger partial charge < -0.3 is 10.6 Å². The van der Waals surface area contributed by atoms with E-state index in [1.54, 1.807) is 36.4 Å². The van der Waals surface area contributed by atoms with Crippen LogP contribution in [0, 0.1) is 23.7 Å². The number of hydrogen-bond acceptors (Lipinski definition) is 4. The van der Waals surface area contributed by atoms with Gasteiger partial charge in [-0.3, -0.25) is 9.59 Å². The number of carbonyl (C=O) groups excluding carboxylic acids is 2. The van der Waals surface area contributed by atoms with Gasteiger partial charge in [0.15, 0.2) is 0 Å². The average Bonchev–Trinajstić information content (AvgIpc) is 3.18. The number of nitrogens with zero attached hydrogens (tertiary/aromatic N) is 2. The first-order valence-corrected chi connectivity index (χ1v) is 16.4. The molecular weight excluding hydrogens is 718 g/mol. The van der Waals surface area contributed by atoms with Crippen LogP contribution in [0.3, 0.4) is 0 Å². The predicted octanol–water partition coefficient (Wildman–Crippen LogP) is 9.19. The van der Waals surface area contributed by atoms with Crippen LogP contribution in [0.2, 0.25) is 0 Å². The molecule has 272 valence electrons. The van der Waals surface area contributed by atoms with Crippen molar-refractivity contribution in [1.82, 2.24) is 9.97 Å². The fourth-order valence-electron chi connectivity index (χ4n) is 5.56. The van der Waals surface area contributed by atoms with E-state index in [1.165, 1.54) is 24.3 Å². The maximum atomic E-state index is 14.8. The van der Waals surface area contributed by atoms with Crippen LogP contribution in [-0.2, 0) is 5.41 Å². The lowest BCUT2D eigenvalue weighted by Gasteiger charge is -2.38. The second-order valence-corrected chi connectivity index (χ2v) is 11.9. The summed E-state index contributed by atoms with van der Waals surface area (Å²) in [5.41, 5.74) is -5.06. The van der Waals surface area contributed by atoms with Gasteiger partial charge in [-0.05, 0) is 95.8 Å². The molecule has 0 radical (unpaired) electrons. The van der Waals surface area contributed by atoms with Gasteiger partial charge >= 0.3 is 12.4 Å². The molecule has 0 fully saturated rings. The maximum absolute atomic E-state index is 14.8. The van der Waals surface area contributed by atoms with Crippen molar-refractivity contribution in [1.29, 1.82) is 0 Å². The molecule has 0 saturated heterocycles. The van der Waals surface area contributed by atoms with E-state index < -0.39 is 40.7 Å². The lowest BCUT2D eigenvalue weighted by Crippen LogP contribution is -2.54. The van der Waals surface area contributed by atoms with Crippen molar-refractivity contribution >= 4 is 23.2 Å². The molecule has 4 aromatic carbocycles. The summed E-state index contributed by atoms with van der Waals surface area (Å²) >= 11 is 0. The van der Waals surface area contributed by atoms with Gasteiger partial charge in [-0.25, -0.2) is 9.97 Å². The fraction of sp³-hybridized carbons (Fsp3) is 0.0698. The number of carbonyl (C=O) groups is 2. The standard InChI is InChI=1S/C43H26F6N4O2/c44-42(45,46)41(43(47,48)49,31-19-25-35(26-20-31)52-39(54)37-15-7-13-33(50-37)23-17-29-9-3-1-4-10-29)32-21-27-36(28-22-32)53-40(55)38-16-8-14-34(51-38)24-18-30-11-5-2-6-12-30/h1-16,19-22,25-28H,(H,52,54)(H,53,55). The van der Waals surface area contributed by atoms with E-state index in [0.717, 1.165) is 35.4 Å². The summed E-state index contributed by atoms with van der Waals surface area (Å²) in [6.07, 6.45) is -11.7. The zero-order valence-electron chi connectivity index (χ0n) is 28.3. The Balaban J connectivity index is 1.21. The Labute approximate surface area is 311 Å². The molecule has 6 nitrogen and oxygen atoms in total. The van der Waals surface area contributed by atoms with Gasteiger partial charge in [0.05, 0.1) is 0 Å². The van der Waals surface area contributed by atoms with Crippen molar-refractivity contribution in [2.75, 3.05) is 10.6 Å². The van der Waals surface area contributed by atoms with Gasteiger partial charge in [0.1, 0.15) is 22.8 Å². The first kappa shape index (κ1) is 37.6. The van der Waals surface area contributed by atoms with Gasteiger partial charge in [-0.15, -0.1) is 0 Å². The average molecular weight is 745 g/mol. The van der Waals surface area contributed by atoms with Gasteiger partial charge in [-0.1, -0.05) is 84.6 Å². The summed E-state index contributed by atoms with van der Waals surface area (Å²) in [6.45, 7) is 0. The fourth-order valence-corrected chi connectivity index (χ4v) is 5.56. The summed E-state index contributed by atoms with van der Waals surface area (Å²) < 4.78 is 89.0. The molecule has 0 aliphatic heterocycles. The van der Waals surface area contributed by atoms with Crippen LogP contribution >= 0.6 is 0 Å². The van der Waals surface area contributed by atoms with Crippen LogP contribution in [0.4, 0.5) is 37.7 Å². The smallest absolute Gasteiger partial charge is 0.321 e. The highest BCUT2D eigenvalue weighted by atomic mass is 19.4. The second-order valence-electron chi connectivity index (χ2n) is 11.9. The minimum Gasteiger partial charge on any atom is -0.321 e. The summed E-state index contributed by atoms with van der Waals surface area (Å²) in [6, 6.07) is 33.4. The Bertz CT molecular complexity index is 2270. The Morgan fingerprint density at radius 1 is 0.436 bits per heavy atom. The van der Waals surface area contributed by atoms with Crippen molar-refractivity contribution in [2.45, 2.75) is 17.8 Å². The Kier molecular flexibility index (Phi) is 10.8. The molecule has 0 aliphatic carbocycles. The molecule has 2 heterocycles. The molecule has 55 heavy (non-hydrogen) atoms. The van der Waals surface area contributed by atoms with Crippen LogP contribution in [0.5, 0.6) is 0 Å². The highest BCUT2D eigenvalue weighted by molar-refractivity contribution is 6.03. The molecule has 0 spiro atoms. The molecule has 6 aromatic rings. The summed E-state index contributed by atoms with van der Waals surface area (Å²) in [5, 5.41) is 4.89. The van der Waals surface area contributed by atoms with Crippen LogP contribution in [-0.4, -0.2) is 34.1 Å². The molecule has 0 aliphatic rings. The lowest BCUT2D eigenvalue weighted by molar-refractivity contribution is -0.288. The number of rotatable bonds is 6. The third-order valence-electron chi connectivity index (χ3n) is 8.18. The summed E-state index contributed by atoms with van der Waals surface area (Å²) in [4.78, 5) is 34.3. The van der Waals surface area contributed by atoms with E-state index in [1.807, 2.05) is 36.4 Å². The molecule has 2 N–H and O–H groups in total. The molecule has 0 atom stereocenters. The Morgan fingerprint density at radius 3 is 1.15 bits per heavy atom. The largest absolute Gasteiger partial charge is 0.411 e. The zero-order valence-corrected chi connectivity index (χ0v) is 28.3. The topological polar surface area (TPSA) is 84.0 Å². The molecule has 0 saturated carbocycles. The van der Waals surface area contributed by atoms with Crippen LogP contribution in [0.15, 0.2) is 146 Å². The van der Waals surface area contributed by atoms with Crippen LogP contribution < -0.4 is 10.6 Å². The predicted molar refractivity (Wildman–Crippen MR) is 195 cm³/mol. The first-order chi connectivity index (χ1) is 26.3. The molecule has 12 heteroatoms. The van der Waals surface area contributed by atoms with Gasteiger partial charge in [-0.2, -0.15) is 26.3 Å². The van der Waals surface area contributed by atoms with Gasteiger partial charge in [0.2, 0.25) is 5.41 Å². The second kappa shape index (κ2) is 15.8. The molecule has 6 rings (SSSR count). The lowest BCUT2D eigenvalue weighted by atomic mass is 9.73. The molecule has 2 aromatic heterocycles. The van der Waals surface area contributed by atoms with Gasteiger partial charge in [0.25, 0.3) is 11.8 Å². The summed E-state index contributed by atoms with van der Waals surface area (Å²) in [7, 11) is 0. The van der Waals surface area contributed by atoms with E-state index in [4.69, 9.17) is 0 Å². The number of amides is 2. The number of pyridine rings is 2. The van der Waals surface area contributed by atoms with Crippen molar-refractivity contribution in [3.8, 4) is 23.7 Å². The van der Waals surface area contributed by atoms with E-state index in [0.29, 0.717) is 24.3 Å². The third-order valence-corrected chi connectivity index (χ3v) is 8.18. The normalized spacial score (nSPS) is 11.3. The number of anilines is 2. The molecular formula is C43H26F6N4O2. The van der Waals surface area contributed by atoms with Crippen LogP contribution in [0.25, 0.3) is 0 Å². The van der Waals surface area contributed by atoms with E-state index in [-0.39, 0.29) is 34.2 Å². The molecule has 0 unspecified atom stereocenters. The van der Waals surface area contributed by atoms with Crippen molar-refractivity contribution in [3.63, 3.8) is 0 Å². The minimum absolute atomic E-state index is 0.0728. The SMILES string of the molecule is O=C(Nc1ccc(C(c2ccc(NC(=O)c3cccc(C#Cc4ccccc4)n3)cc2)(C(F)(F)F)C(F)(F)F)cc1)c1cccc(C#Cc2ccccc2)n1. The highest BCUT2D eigenvalue weighted by Gasteiger charge is 2.72. The zero-order chi connectivity index (χ0) is 39.1. The Hall–Kier alpha value is -7.18. The van der Waals surface area contributed by atoms with E-state index >= 15 is 0 Å². The number of hydrogen-bond donors (Lipinski definition) is 2. The highest BCUT2D eigenvalue weighted by Crippen LogP contribution is 2.56. The van der Waals surface area contributed by atoms with Crippen molar-refractivity contribution in [3.05, 3.63) is 191 Å². The Morgan fingerprint density at radius 2 is 0.800 bits per heavy atom. The van der Waals surface area contributed by atoms with Crippen molar-refractivity contribution in [2.24, 2.45) is 0 Å². The quantitative estimate of drug-likeness (QED) is 0.132. The monoisotopic (exact) mass is 744 g/mol. The van der Waals surface area contributed by atoms with Crippen molar-refractivity contribution < 1.29 is 35.9 Å². The number of halogens is 6. The third kappa shape index (κ3) is 8.56. The number of benzene rings is 4. The van der Waals surface area contributed by atoms with E-state index in [2.05, 4.69) is 44.3 Å². The van der Waals surface area contributed by atoms with E-state index in [9.17, 15) is 35.9 Å². The number of alkyl halides is 6. The first-order valence-electron chi connectivity index (χ1n) is 16.4. The summed E-state index contributed by atoms with van der Waals surface area (Å²) in [5.74, 6) is 9.98.